The molecule has 0 aliphatic carbocycles. The fourth-order valence-corrected chi connectivity index (χ4v) is 8.52. The number of fused-ring (bicyclic) bond motifs is 11. The summed E-state index contributed by atoms with van der Waals surface area (Å²) in [5, 5.41) is 32.7. The third kappa shape index (κ3) is 2.17. The standard InChI is InChI=1S/C22H10N6S4/c1-3-11(29-5-1)13-7-9-17-20(26-27-23-17)16-15(21(9)31-13)19-18(24-28-25-19)10-8-14(32-22(10)16)12-4-2-6-30-12/h1-8H,(H,23,26,27)(H,24,25,28). The first-order valence-electron chi connectivity index (χ1n) is 9.80. The lowest BCUT2D eigenvalue weighted by atomic mass is 10.0. The maximum Gasteiger partial charge on any atom is 0.123 e. The Balaban J connectivity index is 1.64. The summed E-state index contributed by atoms with van der Waals surface area (Å²) in [6.07, 6.45) is 0. The van der Waals surface area contributed by atoms with Crippen molar-refractivity contribution in [1.29, 1.82) is 0 Å². The quantitative estimate of drug-likeness (QED) is 0.269. The number of hydrogen-bond donors (Lipinski definition) is 2. The van der Waals surface area contributed by atoms with Gasteiger partial charge in [-0.15, -0.1) is 45.3 Å². The molecule has 6 heterocycles. The van der Waals surface area contributed by atoms with Crippen molar-refractivity contribution in [3.8, 4) is 19.5 Å². The van der Waals surface area contributed by atoms with Crippen molar-refractivity contribution in [2.75, 3.05) is 0 Å². The average Bonchev–Trinajstić information content (AvgIpc) is 3.65. The third-order valence-corrected chi connectivity index (χ3v) is 10.2. The lowest BCUT2D eigenvalue weighted by Crippen LogP contribution is -1.82. The van der Waals surface area contributed by atoms with Gasteiger partial charge < -0.3 is 0 Å². The average molecular weight is 487 g/mol. The first-order chi connectivity index (χ1) is 15.9. The van der Waals surface area contributed by atoms with Crippen molar-refractivity contribution in [3.05, 3.63) is 47.2 Å². The van der Waals surface area contributed by atoms with Crippen molar-refractivity contribution >= 4 is 98.4 Å². The van der Waals surface area contributed by atoms with Crippen molar-refractivity contribution in [3.63, 3.8) is 0 Å². The van der Waals surface area contributed by atoms with Crippen LogP contribution in [0, 0.1) is 0 Å². The molecule has 8 aromatic rings. The highest BCUT2D eigenvalue weighted by atomic mass is 32.1. The Hall–Kier alpha value is -3.18. The van der Waals surface area contributed by atoms with Gasteiger partial charge in [0.25, 0.3) is 0 Å². The van der Waals surface area contributed by atoms with Crippen molar-refractivity contribution < 1.29 is 0 Å². The van der Waals surface area contributed by atoms with E-state index < -0.39 is 0 Å². The van der Waals surface area contributed by atoms with Crippen LogP contribution in [-0.4, -0.2) is 30.8 Å². The number of benzene rings is 2. The molecule has 0 aliphatic heterocycles. The Morgan fingerprint density at radius 2 is 1.03 bits per heavy atom. The van der Waals surface area contributed by atoms with Gasteiger partial charge in [0.1, 0.15) is 22.1 Å². The molecule has 0 unspecified atom stereocenters. The molecule has 2 N–H and O–H groups in total. The maximum absolute atomic E-state index is 4.60. The van der Waals surface area contributed by atoms with Gasteiger partial charge in [-0.2, -0.15) is 30.8 Å². The largest absolute Gasteiger partial charge is 0.197 e. The smallest absolute Gasteiger partial charge is 0.123 e. The molecular formula is C22H10N6S4. The van der Waals surface area contributed by atoms with Crippen LogP contribution in [0.15, 0.2) is 47.2 Å². The van der Waals surface area contributed by atoms with Gasteiger partial charge in [-0.1, -0.05) is 12.1 Å². The van der Waals surface area contributed by atoms with Crippen LogP contribution in [0.3, 0.4) is 0 Å². The minimum absolute atomic E-state index is 0.887. The van der Waals surface area contributed by atoms with E-state index >= 15 is 0 Å². The van der Waals surface area contributed by atoms with Gasteiger partial charge >= 0.3 is 0 Å². The Kier molecular flexibility index (Phi) is 3.37. The van der Waals surface area contributed by atoms with Crippen LogP contribution in [0.25, 0.3) is 72.5 Å². The van der Waals surface area contributed by atoms with E-state index in [4.69, 9.17) is 0 Å². The van der Waals surface area contributed by atoms with E-state index in [9.17, 15) is 0 Å². The predicted octanol–water partition coefficient (Wildman–Crippen LogP) is 7.27. The van der Waals surface area contributed by atoms with Crippen LogP contribution >= 0.6 is 45.3 Å². The topological polar surface area (TPSA) is 83.1 Å². The molecule has 32 heavy (non-hydrogen) atoms. The normalized spacial score (nSPS) is 12.4. The Bertz CT molecular complexity index is 1790. The van der Waals surface area contributed by atoms with Gasteiger partial charge in [0.2, 0.25) is 0 Å². The van der Waals surface area contributed by atoms with E-state index in [1.54, 1.807) is 45.3 Å². The summed E-state index contributed by atoms with van der Waals surface area (Å²) in [4.78, 5) is 4.97. The number of hydrogen-bond acceptors (Lipinski definition) is 8. The van der Waals surface area contributed by atoms with E-state index in [1.807, 2.05) is 0 Å². The molecule has 0 radical (unpaired) electrons. The summed E-state index contributed by atoms with van der Waals surface area (Å²) in [6, 6.07) is 13.0. The molecule has 0 aliphatic rings. The highest BCUT2D eigenvalue weighted by molar-refractivity contribution is 7.28. The van der Waals surface area contributed by atoms with Gasteiger partial charge in [0, 0.05) is 50.5 Å². The molecule has 6 nitrogen and oxygen atoms in total. The van der Waals surface area contributed by atoms with Crippen molar-refractivity contribution in [1.82, 2.24) is 30.8 Å². The molecule has 0 amide bonds. The number of thiophene rings is 4. The predicted molar refractivity (Wildman–Crippen MR) is 136 cm³/mol. The van der Waals surface area contributed by atoms with Crippen LogP contribution in [0.1, 0.15) is 0 Å². The van der Waals surface area contributed by atoms with Gasteiger partial charge in [0.15, 0.2) is 0 Å². The van der Waals surface area contributed by atoms with Crippen LogP contribution in [0.4, 0.5) is 0 Å². The number of H-pyrrole nitrogens is 2. The third-order valence-electron chi connectivity index (χ3n) is 5.78. The first-order valence-corrected chi connectivity index (χ1v) is 13.2. The van der Waals surface area contributed by atoms with Gasteiger partial charge in [-0.25, -0.2) is 0 Å². The minimum atomic E-state index is 0.887. The number of aromatic amines is 2. The number of aromatic nitrogens is 6. The lowest BCUT2D eigenvalue weighted by molar-refractivity contribution is 0.961. The van der Waals surface area contributed by atoms with Crippen LogP contribution < -0.4 is 0 Å². The SMILES string of the molecule is c1csc(-c2cc3c4n[nH]nc4c4c5sc(-c6cccs6)cc5c5n[nH]nc5c4c3s2)c1. The molecule has 0 atom stereocenters. The second-order valence-electron chi connectivity index (χ2n) is 7.45. The summed E-state index contributed by atoms with van der Waals surface area (Å²) in [6.45, 7) is 0. The summed E-state index contributed by atoms with van der Waals surface area (Å²) in [5.74, 6) is 0. The molecule has 0 spiro atoms. The minimum Gasteiger partial charge on any atom is -0.197 e. The molecule has 10 heteroatoms. The molecule has 0 bridgehead atoms. The van der Waals surface area contributed by atoms with Gasteiger partial charge in [-0.3, -0.25) is 0 Å². The van der Waals surface area contributed by atoms with Crippen molar-refractivity contribution in [2.24, 2.45) is 0 Å². The van der Waals surface area contributed by atoms with E-state index in [1.165, 1.54) is 28.9 Å². The molecular weight excluding hydrogens is 477 g/mol. The van der Waals surface area contributed by atoms with E-state index in [2.05, 4.69) is 78.0 Å². The Morgan fingerprint density at radius 1 is 0.562 bits per heavy atom. The Morgan fingerprint density at radius 3 is 1.47 bits per heavy atom. The first kappa shape index (κ1) is 17.4. The number of rotatable bonds is 2. The van der Waals surface area contributed by atoms with Crippen LogP contribution in [0.5, 0.6) is 0 Å². The van der Waals surface area contributed by atoms with Crippen molar-refractivity contribution in [2.45, 2.75) is 0 Å². The second kappa shape index (κ2) is 6.20. The summed E-state index contributed by atoms with van der Waals surface area (Å²) < 4.78 is 2.35. The highest BCUT2D eigenvalue weighted by Crippen LogP contribution is 2.49. The van der Waals surface area contributed by atoms with E-state index in [-0.39, 0.29) is 0 Å². The lowest BCUT2D eigenvalue weighted by Gasteiger charge is -2.04. The fourth-order valence-electron chi connectivity index (χ4n) is 4.45. The molecule has 6 aromatic heterocycles. The monoisotopic (exact) mass is 486 g/mol. The second-order valence-corrected chi connectivity index (χ2v) is 11.5. The van der Waals surface area contributed by atoms with Crippen LogP contribution in [-0.2, 0) is 0 Å². The molecule has 152 valence electrons. The summed E-state index contributed by atoms with van der Waals surface area (Å²) in [7, 11) is 0. The van der Waals surface area contributed by atoms with E-state index in [0.717, 1.165) is 43.6 Å². The van der Waals surface area contributed by atoms with Gasteiger partial charge in [0.05, 0.1) is 0 Å². The molecule has 0 fully saturated rings. The maximum atomic E-state index is 4.60. The molecule has 0 saturated carbocycles. The molecule has 0 saturated heterocycles. The Labute approximate surface area is 195 Å². The fraction of sp³-hybridized carbons (Fsp3) is 0. The van der Waals surface area contributed by atoms with Gasteiger partial charge in [-0.05, 0) is 35.0 Å². The zero-order valence-corrected chi connectivity index (χ0v) is 19.3. The highest BCUT2D eigenvalue weighted by Gasteiger charge is 2.24. The number of nitrogens with zero attached hydrogens (tertiary/aromatic N) is 4. The van der Waals surface area contributed by atoms with Crippen LogP contribution in [0.2, 0.25) is 0 Å². The zero-order chi connectivity index (χ0) is 20.8. The summed E-state index contributed by atoms with van der Waals surface area (Å²) in [5.41, 5.74) is 3.58. The molecule has 8 rings (SSSR count). The zero-order valence-electron chi connectivity index (χ0n) is 16.0. The number of nitrogens with one attached hydrogen (secondary N) is 2. The summed E-state index contributed by atoms with van der Waals surface area (Å²) >= 11 is 7.07. The molecule has 2 aromatic carbocycles. The van der Waals surface area contributed by atoms with E-state index in [0.29, 0.717) is 0 Å².